The molecule has 0 unspecified atom stereocenters. The van der Waals surface area contributed by atoms with E-state index in [0.717, 1.165) is 5.56 Å². The number of rotatable bonds is 2. The summed E-state index contributed by atoms with van der Waals surface area (Å²) in [5.41, 5.74) is 6.61. The van der Waals surface area contributed by atoms with Gasteiger partial charge in [0.05, 0.1) is 10.0 Å². The zero-order valence-corrected chi connectivity index (χ0v) is 9.16. The second kappa shape index (κ2) is 5.51. The molecule has 1 atom stereocenters. The quantitative estimate of drug-likeness (QED) is 0.783. The summed E-state index contributed by atoms with van der Waals surface area (Å²) >= 11 is 11.5. The molecule has 0 aliphatic rings. The fourth-order valence-corrected chi connectivity index (χ4v) is 1.16. The average molecular weight is 239 g/mol. The molecule has 1 aromatic rings. The van der Waals surface area contributed by atoms with E-state index in [4.69, 9.17) is 28.9 Å². The van der Waals surface area contributed by atoms with Crippen LogP contribution in [-0.4, -0.2) is 0 Å². The van der Waals surface area contributed by atoms with Gasteiger partial charge in [-0.3, -0.25) is 0 Å². The third kappa shape index (κ3) is 3.20. The third-order valence-electron chi connectivity index (χ3n) is 1.58. The van der Waals surface area contributed by atoms with E-state index >= 15 is 0 Å². The summed E-state index contributed by atoms with van der Waals surface area (Å²) in [4.78, 5) is 0. The van der Waals surface area contributed by atoms with Gasteiger partial charge in [-0.05, 0) is 17.7 Å². The summed E-state index contributed by atoms with van der Waals surface area (Å²) in [5, 5.41) is 1.06. The van der Waals surface area contributed by atoms with Crippen LogP contribution in [0.2, 0.25) is 10.0 Å². The summed E-state index contributed by atoms with van der Waals surface area (Å²) in [6.45, 7) is 3.59. The smallest absolute Gasteiger partial charge is 0.0595 e. The first kappa shape index (κ1) is 12.8. The van der Waals surface area contributed by atoms with E-state index in [1.165, 1.54) is 0 Å². The van der Waals surface area contributed by atoms with Gasteiger partial charge in [0.15, 0.2) is 0 Å². The predicted octanol–water partition coefficient (Wildman–Crippen LogP) is 3.60. The number of halogens is 3. The molecule has 0 aromatic heterocycles. The minimum absolute atomic E-state index is 0. The van der Waals surface area contributed by atoms with Crippen LogP contribution in [0.3, 0.4) is 0 Å². The Labute approximate surface area is 93.9 Å². The zero-order valence-electron chi connectivity index (χ0n) is 6.84. The van der Waals surface area contributed by atoms with Gasteiger partial charge >= 0.3 is 0 Å². The van der Waals surface area contributed by atoms with Crippen LogP contribution in [0.5, 0.6) is 0 Å². The Balaban J connectivity index is 0.00000144. The highest BCUT2D eigenvalue weighted by Crippen LogP contribution is 2.24. The molecule has 2 N–H and O–H groups in total. The van der Waals surface area contributed by atoms with Gasteiger partial charge in [-0.15, -0.1) is 19.0 Å². The highest BCUT2D eigenvalue weighted by Gasteiger charge is 2.03. The van der Waals surface area contributed by atoms with Crippen molar-refractivity contribution in [2.45, 2.75) is 6.04 Å². The number of benzene rings is 1. The molecule has 0 amide bonds. The first-order valence-corrected chi connectivity index (χ1v) is 4.24. The van der Waals surface area contributed by atoms with Gasteiger partial charge in [0.1, 0.15) is 0 Å². The monoisotopic (exact) mass is 237 g/mol. The lowest BCUT2D eigenvalue weighted by Crippen LogP contribution is -2.05. The van der Waals surface area contributed by atoms with E-state index in [1.807, 2.05) is 6.07 Å². The van der Waals surface area contributed by atoms with Crippen molar-refractivity contribution in [3.05, 3.63) is 46.5 Å². The Bertz CT molecular complexity index is 299. The van der Waals surface area contributed by atoms with Gasteiger partial charge < -0.3 is 5.73 Å². The topological polar surface area (TPSA) is 26.0 Å². The molecule has 72 valence electrons. The minimum Gasteiger partial charge on any atom is -0.321 e. The first-order chi connectivity index (χ1) is 5.65. The molecular weight excluding hydrogens is 228 g/mol. The van der Waals surface area contributed by atoms with Crippen molar-refractivity contribution in [3.8, 4) is 0 Å². The van der Waals surface area contributed by atoms with E-state index < -0.39 is 0 Å². The molecule has 13 heavy (non-hydrogen) atoms. The highest BCUT2D eigenvalue weighted by molar-refractivity contribution is 6.42. The van der Waals surface area contributed by atoms with E-state index in [1.54, 1.807) is 18.2 Å². The molecule has 0 aliphatic carbocycles. The first-order valence-electron chi connectivity index (χ1n) is 3.48. The standard InChI is InChI=1S/C9H9Cl2N.ClH/c1-2-9(12)6-3-4-7(10)8(11)5-6;/h2-5,9H,1,12H2;1H/t9-;/m0./s1. The van der Waals surface area contributed by atoms with Gasteiger partial charge in [0.2, 0.25) is 0 Å². The normalized spacial score (nSPS) is 11.6. The molecule has 0 heterocycles. The maximum absolute atomic E-state index is 5.79. The van der Waals surface area contributed by atoms with Crippen molar-refractivity contribution in [2.24, 2.45) is 5.73 Å². The lowest BCUT2D eigenvalue weighted by molar-refractivity contribution is 0.915. The Hall–Kier alpha value is -0.210. The number of hydrogen-bond acceptors (Lipinski definition) is 1. The van der Waals surface area contributed by atoms with Crippen molar-refractivity contribution >= 4 is 35.6 Å². The Morgan fingerprint density at radius 2 is 1.92 bits per heavy atom. The Kier molecular flexibility index (Phi) is 5.42. The van der Waals surface area contributed by atoms with Crippen LogP contribution < -0.4 is 5.73 Å². The van der Waals surface area contributed by atoms with Crippen LogP contribution in [0.1, 0.15) is 11.6 Å². The maximum atomic E-state index is 5.79. The Morgan fingerprint density at radius 3 is 2.38 bits per heavy atom. The molecule has 0 saturated heterocycles. The van der Waals surface area contributed by atoms with Gasteiger partial charge in [-0.25, -0.2) is 0 Å². The second-order valence-corrected chi connectivity index (χ2v) is 3.25. The molecule has 0 bridgehead atoms. The fraction of sp³-hybridized carbons (Fsp3) is 0.111. The van der Waals surface area contributed by atoms with Crippen LogP contribution in [0, 0.1) is 0 Å². The summed E-state index contributed by atoms with van der Waals surface area (Å²) in [6, 6.07) is 5.12. The molecule has 4 heteroatoms. The number of hydrogen-bond donors (Lipinski definition) is 1. The number of nitrogens with two attached hydrogens (primary N) is 1. The predicted molar refractivity (Wildman–Crippen MR) is 60.8 cm³/mol. The van der Waals surface area contributed by atoms with E-state index in [-0.39, 0.29) is 18.4 Å². The van der Waals surface area contributed by atoms with Crippen molar-refractivity contribution < 1.29 is 0 Å². The zero-order chi connectivity index (χ0) is 9.14. The third-order valence-corrected chi connectivity index (χ3v) is 2.32. The largest absolute Gasteiger partial charge is 0.321 e. The molecule has 0 fully saturated rings. The molecule has 0 saturated carbocycles. The maximum Gasteiger partial charge on any atom is 0.0595 e. The minimum atomic E-state index is -0.181. The second-order valence-electron chi connectivity index (χ2n) is 2.44. The van der Waals surface area contributed by atoms with Gasteiger partial charge in [-0.1, -0.05) is 35.3 Å². The lowest BCUT2D eigenvalue weighted by Gasteiger charge is -2.06. The van der Waals surface area contributed by atoms with Gasteiger partial charge in [-0.2, -0.15) is 0 Å². The van der Waals surface area contributed by atoms with Crippen LogP contribution in [0.25, 0.3) is 0 Å². The average Bonchev–Trinajstić information content (AvgIpc) is 2.08. The van der Waals surface area contributed by atoms with E-state index in [2.05, 4.69) is 6.58 Å². The van der Waals surface area contributed by atoms with Crippen molar-refractivity contribution in [1.82, 2.24) is 0 Å². The Morgan fingerprint density at radius 1 is 1.31 bits per heavy atom. The molecule has 0 aliphatic heterocycles. The van der Waals surface area contributed by atoms with Gasteiger partial charge in [0.25, 0.3) is 0 Å². The van der Waals surface area contributed by atoms with Crippen molar-refractivity contribution in [2.75, 3.05) is 0 Å². The fourth-order valence-electron chi connectivity index (χ4n) is 0.856. The van der Waals surface area contributed by atoms with Crippen LogP contribution in [-0.2, 0) is 0 Å². The molecule has 1 nitrogen and oxygen atoms in total. The van der Waals surface area contributed by atoms with E-state index in [0.29, 0.717) is 10.0 Å². The van der Waals surface area contributed by atoms with Gasteiger partial charge in [0, 0.05) is 6.04 Å². The van der Waals surface area contributed by atoms with Crippen molar-refractivity contribution in [3.63, 3.8) is 0 Å². The summed E-state index contributed by atoms with van der Waals surface area (Å²) in [5.74, 6) is 0. The van der Waals surface area contributed by atoms with E-state index in [9.17, 15) is 0 Å². The molecule has 0 spiro atoms. The lowest BCUT2D eigenvalue weighted by atomic mass is 10.1. The van der Waals surface area contributed by atoms with Crippen molar-refractivity contribution in [1.29, 1.82) is 0 Å². The van der Waals surface area contributed by atoms with Crippen LogP contribution >= 0.6 is 35.6 Å². The van der Waals surface area contributed by atoms with Crippen LogP contribution in [0.4, 0.5) is 0 Å². The summed E-state index contributed by atoms with van der Waals surface area (Å²) < 4.78 is 0. The molecule has 1 rings (SSSR count). The molecule has 0 radical (unpaired) electrons. The molecule has 1 aromatic carbocycles. The van der Waals surface area contributed by atoms with Crippen LogP contribution in [0.15, 0.2) is 30.9 Å². The SMILES string of the molecule is C=C[C@H](N)c1ccc(Cl)c(Cl)c1.Cl. The summed E-state index contributed by atoms with van der Waals surface area (Å²) in [7, 11) is 0. The highest BCUT2D eigenvalue weighted by atomic mass is 35.5. The summed E-state index contributed by atoms with van der Waals surface area (Å²) in [6.07, 6.45) is 1.65. The molecular formula is C9H10Cl3N.